The van der Waals surface area contributed by atoms with Crippen LogP contribution in [0.15, 0.2) is 71.6 Å². The molecule has 3 aromatic carbocycles. The molecule has 3 rings (SSSR count). The summed E-state index contributed by atoms with van der Waals surface area (Å²) < 4.78 is 0. The van der Waals surface area contributed by atoms with Gasteiger partial charge in [-0.25, -0.2) is 5.84 Å². The van der Waals surface area contributed by atoms with Gasteiger partial charge in [0, 0.05) is 17.7 Å². The summed E-state index contributed by atoms with van der Waals surface area (Å²) >= 11 is 1.87. The first-order chi connectivity index (χ1) is 12.1. The molecule has 0 atom stereocenters. The molecule has 0 aromatic heterocycles. The van der Waals surface area contributed by atoms with Crippen LogP contribution in [-0.2, 0) is 5.75 Å². The van der Waals surface area contributed by atoms with Crippen molar-refractivity contribution >= 4 is 17.4 Å². The number of nitrogens with zero attached hydrogens (tertiary/aromatic N) is 1. The first-order valence-electron chi connectivity index (χ1n) is 8.42. The van der Waals surface area contributed by atoms with Gasteiger partial charge in [0.05, 0.1) is 5.69 Å². The molecule has 0 unspecified atom stereocenters. The molecule has 128 valence electrons. The summed E-state index contributed by atoms with van der Waals surface area (Å²) in [6.45, 7) is 4.33. The molecule has 0 amide bonds. The molecule has 0 aliphatic carbocycles. The van der Waals surface area contributed by atoms with Gasteiger partial charge in [-0.3, -0.25) is 0 Å². The number of aryl methyl sites for hydroxylation is 2. The number of anilines is 1. The molecule has 0 saturated heterocycles. The van der Waals surface area contributed by atoms with Gasteiger partial charge in [-0.2, -0.15) is 0 Å². The highest BCUT2D eigenvalue weighted by Gasteiger charge is 2.10. The van der Waals surface area contributed by atoms with Crippen molar-refractivity contribution in [3.63, 3.8) is 0 Å². The molecule has 0 bridgehead atoms. The van der Waals surface area contributed by atoms with Crippen molar-refractivity contribution in [3.05, 3.63) is 83.4 Å². The fourth-order valence-corrected chi connectivity index (χ4v) is 4.10. The van der Waals surface area contributed by atoms with Crippen LogP contribution in [-0.4, -0.2) is 7.05 Å². The van der Waals surface area contributed by atoms with Crippen LogP contribution in [0.5, 0.6) is 0 Å². The van der Waals surface area contributed by atoms with Crippen molar-refractivity contribution in [2.45, 2.75) is 24.5 Å². The molecule has 0 fully saturated rings. The molecule has 0 radical (unpaired) electrons. The Morgan fingerprint density at radius 2 is 1.60 bits per heavy atom. The second-order valence-corrected chi connectivity index (χ2v) is 7.34. The van der Waals surface area contributed by atoms with Crippen molar-refractivity contribution in [1.82, 2.24) is 0 Å². The molecule has 25 heavy (non-hydrogen) atoms. The smallest absolute Gasteiger partial charge is 0.0557 e. The minimum absolute atomic E-state index is 0.912. The Labute approximate surface area is 154 Å². The van der Waals surface area contributed by atoms with Crippen molar-refractivity contribution in [2.24, 2.45) is 5.84 Å². The van der Waals surface area contributed by atoms with Gasteiger partial charge in [-0.1, -0.05) is 54.6 Å². The zero-order chi connectivity index (χ0) is 17.8. The zero-order valence-electron chi connectivity index (χ0n) is 15.0. The summed E-state index contributed by atoms with van der Waals surface area (Å²) in [6.07, 6.45) is 0. The highest BCUT2D eigenvalue weighted by atomic mass is 32.2. The molecule has 0 aliphatic heterocycles. The van der Waals surface area contributed by atoms with Crippen LogP contribution < -0.4 is 10.9 Å². The van der Waals surface area contributed by atoms with Crippen LogP contribution in [0.1, 0.15) is 16.7 Å². The summed E-state index contributed by atoms with van der Waals surface area (Å²) in [6, 6.07) is 23.5. The van der Waals surface area contributed by atoms with Crippen LogP contribution in [0.25, 0.3) is 11.1 Å². The Hall–Kier alpha value is -2.23. The molecule has 2 N–H and O–H groups in total. The predicted octanol–water partition coefficient (Wildman–Crippen LogP) is 5.57. The average Bonchev–Trinajstić information content (AvgIpc) is 2.62. The van der Waals surface area contributed by atoms with Crippen LogP contribution in [0.3, 0.4) is 0 Å². The third kappa shape index (κ3) is 4.06. The second-order valence-electron chi connectivity index (χ2n) is 6.32. The van der Waals surface area contributed by atoms with Crippen LogP contribution in [0.4, 0.5) is 5.69 Å². The summed E-state index contributed by atoms with van der Waals surface area (Å²) in [5, 5.41) is 1.70. The zero-order valence-corrected chi connectivity index (χ0v) is 15.8. The molecule has 0 spiro atoms. The highest BCUT2D eigenvalue weighted by Crippen LogP contribution is 2.33. The van der Waals surface area contributed by atoms with E-state index in [-0.39, 0.29) is 0 Å². The Morgan fingerprint density at radius 3 is 2.28 bits per heavy atom. The van der Waals surface area contributed by atoms with Crippen molar-refractivity contribution in [2.75, 3.05) is 12.1 Å². The maximum absolute atomic E-state index is 5.99. The Kier molecular flexibility index (Phi) is 5.47. The van der Waals surface area contributed by atoms with Gasteiger partial charge in [0.1, 0.15) is 0 Å². The molecular formula is C22H24N2S. The lowest BCUT2D eigenvalue weighted by atomic mass is 10.0. The molecular weight excluding hydrogens is 324 g/mol. The lowest BCUT2D eigenvalue weighted by molar-refractivity contribution is 1.00. The summed E-state index contributed by atoms with van der Waals surface area (Å²) in [4.78, 5) is 1.31. The summed E-state index contributed by atoms with van der Waals surface area (Å²) in [5.41, 5.74) is 7.49. The van der Waals surface area contributed by atoms with Crippen molar-refractivity contribution < 1.29 is 0 Å². The number of thioether (sulfide) groups is 1. The van der Waals surface area contributed by atoms with E-state index in [4.69, 9.17) is 5.84 Å². The third-order valence-electron chi connectivity index (χ3n) is 4.42. The van der Waals surface area contributed by atoms with E-state index in [2.05, 4.69) is 80.6 Å². The fourth-order valence-electron chi connectivity index (χ4n) is 2.98. The van der Waals surface area contributed by atoms with Crippen LogP contribution in [0.2, 0.25) is 0 Å². The topological polar surface area (TPSA) is 29.3 Å². The monoisotopic (exact) mass is 348 g/mol. The lowest BCUT2D eigenvalue weighted by Crippen LogP contribution is -2.26. The largest absolute Gasteiger partial charge is 0.314 e. The van der Waals surface area contributed by atoms with E-state index >= 15 is 0 Å². The van der Waals surface area contributed by atoms with E-state index in [0.717, 1.165) is 11.4 Å². The lowest BCUT2D eigenvalue weighted by Gasteiger charge is -2.19. The van der Waals surface area contributed by atoms with Crippen molar-refractivity contribution in [1.29, 1.82) is 0 Å². The van der Waals surface area contributed by atoms with Gasteiger partial charge < -0.3 is 5.01 Å². The van der Waals surface area contributed by atoms with E-state index in [1.807, 2.05) is 18.8 Å². The first-order valence-corrected chi connectivity index (χ1v) is 9.40. The second kappa shape index (κ2) is 7.77. The van der Waals surface area contributed by atoms with Gasteiger partial charge in [-0.05, 0) is 53.8 Å². The van der Waals surface area contributed by atoms with E-state index in [1.54, 1.807) is 5.01 Å². The van der Waals surface area contributed by atoms with E-state index < -0.39 is 0 Å². The summed E-state index contributed by atoms with van der Waals surface area (Å²) in [7, 11) is 1.89. The average molecular weight is 349 g/mol. The molecule has 2 nitrogen and oxygen atoms in total. The Balaban J connectivity index is 1.81. The van der Waals surface area contributed by atoms with E-state index in [1.165, 1.54) is 32.7 Å². The van der Waals surface area contributed by atoms with Gasteiger partial charge >= 0.3 is 0 Å². The quantitative estimate of drug-likeness (QED) is 0.371. The molecule has 0 saturated carbocycles. The molecule has 3 aromatic rings. The Morgan fingerprint density at radius 1 is 0.840 bits per heavy atom. The molecule has 3 heteroatoms. The van der Waals surface area contributed by atoms with Crippen LogP contribution in [0, 0.1) is 13.8 Å². The standard InChI is InChI=1S/C22H24N2S/c1-16-8-7-11-21(24(3)23)20(16)15-25-22-13-12-19(14-17(22)2)18-9-5-4-6-10-18/h4-14H,15,23H2,1-3H3. The summed E-state index contributed by atoms with van der Waals surface area (Å²) in [5.74, 6) is 6.90. The minimum atomic E-state index is 0.912. The number of rotatable bonds is 5. The van der Waals surface area contributed by atoms with Crippen LogP contribution >= 0.6 is 11.8 Å². The van der Waals surface area contributed by atoms with Gasteiger partial charge in [0.2, 0.25) is 0 Å². The predicted molar refractivity (Wildman–Crippen MR) is 110 cm³/mol. The number of hydrogen-bond acceptors (Lipinski definition) is 3. The maximum atomic E-state index is 5.99. The van der Waals surface area contributed by atoms with Gasteiger partial charge in [-0.15, -0.1) is 11.8 Å². The highest BCUT2D eigenvalue weighted by molar-refractivity contribution is 7.98. The number of hydrogen-bond donors (Lipinski definition) is 1. The number of benzene rings is 3. The fraction of sp³-hybridized carbons (Fsp3) is 0.182. The minimum Gasteiger partial charge on any atom is -0.314 e. The van der Waals surface area contributed by atoms with Gasteiger partial charge in [0.15, 0.2) is 0 Å². The number of nitrogens with two attached hydrogens (primary N) is 1. The normalized spacial score (nSPS) is 10.7. The van der Waals surface area contributed by atoms with Crippen molar-refractivity contribution in [3.8, 4) is 11.1 Å². The number of hydrazine groups is 1. The molecule has 0 heterocycles. The Bertz CT molecular complexity index is 857. The van der Waals surface area contributed by atoms with E-state index in [0.29, 0.717) is 0 Å². The SMILES string of the molecule is Cc1cc(-c2ccccc2)ccc1SCc1c(C)cccc1N(C)N. The first kappa shape index (κ1) is 17.6. The third-order valence-corrected chi connectivity index (χ3v) is 5.62. The van der Waals surface area contributed by atoms with Gasteiger partial charge in [0.25, 0.3) is 0 Å². The van der Waals surface area contributed by atoms with E-state index in [9.17, 15) is 0 Å². The maximum Gasteiger partial charge on any atom is 0.0557 e. The molecule has 0 aliphatic rings.